The summed E-state index contributed by atoms with van der Waals surface area (Å²) in [6.07, 6.45) is -4.98. The summed E-state index contributed by atoms with van der Waals surface area (Å²) in [5.41, 5.74) is 6.37. The number of amides is 1. The lowest BCUT2D eigenvalue weighted by Crippen LogP contribution is -2.42. The first-order valence-corrected chi connectivity index (χ1v) is 9.70. The normalized spacial score (nSPS) is 12.3. The molecule has 0 radical (unpaired) electrons. The number of benzene rings is 2. The largest absolute Gasteiger partial charge is 0.448 e. The molecule has 0 atom stereocenters. The van der Waals surface area contributed by atoms with Crippen LogP contribution in [0.2, 0.25) is 0 Å². The highest BCUT2D eigenvalue weighted by Crippen LogP contribution is 2.30. The van der Waals surface area contributed by atoms with Gasteiger partial charge in [-0.1, -0.05) is 12.1 Å². The molecule has 0 aliphatic carbocycles. The molecule has 32 heavy (non-hydrogen) atoms. The van der Waals surface area contributed by atoms with Crippen LogP contribution < -0.4 is 22.2 Å². The van der Waals surface area contributed by atoms with E-state index in [1.54, 1.807) is 24.3 Å². The van der Waals surface area contributed by atoms with Crippen molar-refractivity contribution in [2.24, 2.45) is 16.7 Å². The molecule has 0 aliphatic rings. The molecule has 0 aliphatic heterocycles. The van der Waals surface area contributed by atoms with Crippen LogP contribution in [0.5, 0.6) is 0 Å². The lowest BCUT2D eigenvalue weighted by Gasteiger charge is -2.20. The third-order valence-corrected chi connectivity index (χ3v) is 3.96. The molecule has 11 heteroatoms. The van der Waals surface area contributed by atoms with Crippen LogP contribution in [0.25, 0.3) is 0 Å². The predicted molar refractivity (Wildman–Crippen MR) is 117 cm³/mol. The van der Waals surface area contributed by atoms with Gasteiger partial charge in [0.2, 0.25) is 0 Å². The number of hydrogen-bond donors (Lipinski definition) is 4. The first-order valence-electron chi connectivity index (χ1n) is 9.70. The minimum Gasteiger partial charge on any atom is -0.448 e. The monoisotopic (exact) mass is 452 g/mol. The zero-order valence-corrected chi connectivity index (χ0v) is 18.0. The van der Waals surface area contributed by atoms with Crippen LogP contribution in [0.4, 0.5) is 29.3 Å². The van der Waals surface area contributed by atoms with Crippen molar-refractivity contribution in [1.29, 1.82) is 0 Å². The van der Waals surface area contributed by atoms with Crippen molar-refractivity contribution in [3.8, 4) is 0 Å². The molecule has 2 aromatic carbocycles. The maximum atomic E-state index is 12.7. The first kappa shape index (κ1) is 24.8. The van der Waals surface area contributed by atoms with Crippen LogP contribution in [0.3, 0.4) is 0 Å². The Bertz CT molecular complexity index is 940. The molecule has 0 saturated heterocycles. The Morgan fingerprint density at radius 3 is 2.31 bits per heavy atom. The number of alkyl carbamates (subject to hydrolysis) is 1. The number of ether oxygens (including phenoxy) is 1. The van der Waals surface area contributed by atoms with Gasteiger partial charge in [-0.05, 0) is 57.2 Å². The van der Waals surface area contributed by atoms with Crippen molar-refractivity contribution in [2.75, 3.05) is 18.5 Å². The second-order valence-corrected chi connectivity index (χ2v) is 7.90. The van der Waals surface area contributed by atoms with Crippen LogP contribution in [0.1, 0.15) is 31.9 Å². The van der Waals surface area contributed by atoms with E-state index >= 15 is 0 Å². The third-order valence-electron chi connectivity index (χ3n) is 3.96. The Morgan fingerprint density at radius 2 is 1.72 bits per heavy atom. The van der Waals surface area contributed by atoms with E-state index in [4.69, 9.17) is 16.3 Å². The van der Waals surface area contributed by atoms with E-state index < -0.39 is 23.4 Å². The van der Waals surface area contributed by atoms with E-state index in [0.717, 1.165) is 17.3 Å². The Morgan fingerprint density at radius 1 is 1.09 bits per heavy atom. The number of halogens is 3. The maximum Gasteiger partial charge on any atom is 0.416 e. The van der Waals surface area contributed by atoms with Crippen molar-refractivity contribution in [1.82, 2.24) is 10.4 Å². The van der Waals surface area contributed by atoms with Crippen LogP contribution in [0, 0.1) is 0 Å². The molecule has 0 spiro atoms. The number of nitrogens with one attached hydrogen (secondary N) is 2. The molecule has 0 bridgehead atoms. The van der Waals surface area contributed by atoms with Crippen LogP contribution in [-0.2, 0) is 10.9 Å². The summed E-state index contributed by atoms with van der Waals surface area (Å²) in [4.78, 5) is 11.7. The molecular formula is C21H27F3N6O2. The van der Waals surface area contributed by atoms with Gasteiger partial charge in [-0.2, -0.15) is 13.2 Å². The molecular weight excluding hydrogens is 425 g/mol. The summed E-state index contributed by atoms with van der Waals surface area (Å²) in [5.74, 6) is 5.88. The summed E-state index contributed by atoms with van der Waals surface area (Å²) in [6, 6.07) is 11.5. The van der Waals surface area contributed by atoms with E-state index in [9.17, 15) is 18.0 Å². The van der Waals surface area contributed by atoms with Crippen LogP contribution >= 0.6 is 0 Å². The van der Waals surface area contributed by atoms with Crippen molar-refractivity contribution in [3.05, 3.63) is 59.7 Å². The lowest BCUT2D eigenvalue weighted by atomic mass is 10.1. The molecule has 0 unspecified atom stereocenters. The van der Waals surface area contributed by atoms with Crippen LogP contribution in [0.15, 0.2) is 53.6 Å². The zero-order chi connectivity index (χ0) is 23.9. The highest BCUT2D eigenvalue weighted by Gasteiger charge is 2.29. The number of nitrogens with zero attached hydrogens (tertiary/aromatic N) is 2. The average Bonchev–Trinajstić information content (AvgIpc) is 2.66. The summed E-state index contributed by atoms with van der Waals surface area (Å²) < 4.78 is 43.3. The topological polar surface area (TPSA) is 118 Å². The van der Waals surface area contributed by atoms with Gasteiger partial charge >= 0.3 is 12.3 Å². The fourth-order valence-electron chi connectivity index (χ4n) is 2.53. The molecule has 0 aromatic heterocycles. The fourth-order valence-corrected chi connectivity index (χ4v) is 2.53. The van der Waals surface area contributed by atoms with Crippen molar-refractivity contribution in [2.45, 2.75) is 32.5 Å². The number of hydrogen-bond acceptors (Lipinski definition) is 6. The second-order valence-electron chi connectivity index (χ2n) is 7.90. The number of amidine groups is 1. The third kappa shape index (κ3) is 7.99. The Balaban J connectivity index is 2.02. The van der Waals surface area contributed by atoms with E-state index in [2.05, 4.69) is 15.7 Å². The van der Waals surface area contributed by atoms with Gasteiger partial charge in [-0.3, -0.25) is 0 Å². The predicted octanol–water partition coefficient (Wildman–Crippen LogP) is 3.77. The first-order chi connectivity index (χ1) is 14.8. The Hall–Kier alpha value is -3.47. The molecule has 2 aromatic rings. The van der Waals surface area contributed by atoms with Gasteiger partial charge in [0, 0.05) is 22.5 Å². The van der Waals surface area contributed by atoms with Gasteiger partial charge in [-0.15, -0.1) is 5.10 Å². The molecule has 0 fully saturated rings. The molecule has 6 N–H and O–H groups in total. The van der Waals surface area contributed by atoms with Gasteiger partial charge in [0.05, 0.1) is 12.1 Å². The molecule has 2 rings (SSSR count). The quantitative estimate of drug-likeness (QED) is 0.220. The summed E-state index contributed by atoms with van der Waals surface area (Å²) >= 11 is 0. The van der Waals surface area contributed by atoms with Gasteiger partial charge in [0.1, 0.15) is 6.61 Å². The summed E-state index contributed by atoms with van der Waals surface area (Å²) in [6.45, 7) is 5.55. The number of carbonyl (C=O) groups excluding carboxylic acids is 1. The van der Waals surface area contributed by atoms with Gasteiger partial charge in [-0.25, -0.2) is 15.8 Å². The lowest BCUT2D eigenvalue weighted by molar-refractivity contribution is -0.137. The summed E-state index contributed by atoms with van der Waals surface area (Å²) in [5, 5.41) is 10.8. The minimum atomic E-state index is -4.41. The highest BCUT2D eigenvalue weighted by atomic mass is 19.4. The minimum absolute atomic E-state index is 0.0132. The molecule has 0 saturated carbocycles. The average molecular weight is 452 g/mol. The Labute approximate surface area is 184 Å². The number of anilines is 2. The highest BCUT2D eigenvalue weighted by molar-refractivity contribution is 6.02. The smallest absolute Gasteiger partial charge is 0.416 e. The zero-order valence-electron chi connectivity index (χ0n) is 18.0. The second kappa shape index (κ2) is 10.2. The van der Waals surface area contributed by atoms with E-state index in [-0.39, 0.29) is 19.0 Å². The number of para-hydroxylation sites is 1. The summed E-state index contributed by atoms with van der Waals surface area (Å²) in [7, 11) is 0. The van der Waals surface area contributed by atoms with Gasteiger partial charge < -0.3 is 21.1 Å². The number of rotatable bonds is 7. The van der Waals surface area contributed by atoms with E-state index in [1.807, 2.05) is 20.8 Å². The van der Waals surface area contributed by atoms with E-state index in [1.165, 1.54) is 12.1 Å². The molecule has 1 amide bonds. The van der Waals surface area contributed by atoms with Crippen LogP contribution in [-0.4, -0.2) is 35.7 Å². The van der Waals surface area contributed by atoms with Gasteiger partial charge in [0.25, 0.3) is 0 Å². The molecule has 8 nitrogen and oxygen atoms in total. The number of hydrazone groups is 1. The van der Waals surface area contributed by atoms with E-state index in [0.29, 0.717) is 16.9 Å². The number of carbonyl (C=O) groups is 1. The number of hydrazine groups is 1. The van der Waals surface area contributed by atoms with Crippen molar-refractivity contribution in [3.63, 3.8) is 0 Å². The SMILES string of the molecule is CC(C)(C)NC(=O)OCCN(N)/N=C(\N)c1ccccc1Nc1ccc(C(F)(F)F)cc1. The molecule has 0 heterocycles. The van der Waals surface area contributed by atoms with Crippen molar-refractivity contribution >= 4 is 23.3 Å². The number of alkyl halides is 3. The number of nitrogens with two attached hydrogens (primary N) is 2. The van der Waals surface area contributed by atoms with Gasteiger partial charge in [0.15, 0.2) is 5.84 Å². The molecule has 174 valence electrons. The maximum absolute atomic E-state index is 12.7. The fraction of sp³-hybridized carbons (Fsp3) is 0.333. The Kier molecular flexibility index (Phi) is 7.92. The van der Waals surface area contributed by atoms with Crippen molar-refractivity contribution < 1.29 is 22.7 Å². The standard InChI is InChI=1S/C21H27F3N6O2/c1-20(2,3)28-19(31)32-13-12-30(26)29-18(25)16-6-4-5-7-17(16)27-15-10-8-14(9-11-15)21(22,23)24/h4-11,27H,12-13,26H2,1-3H3,(H2,25,29)(H,28,31).